The highest BCUT2D eigenvalue weighted by atomic mass is 32.2. The summed E-state index contributed by atoms with van der Waals surface area (Å²) in [5.74, 6) is -3.37. The lowest BCUT2D eigenvalue weighted by Gasteiger charge is -2.24. The quantitative estimate of drug-likeness (QED) is 0.343. The Kier molecular flexibility index (Phi) is 8.79. The van der Waals surface area contributed by atoms with Gasteiger partial charge in [0.1, 0.15) is 16.7 Å². The highest BCUT2D eigenvalue weighted by Crippen LogP contribution is 2.34. The summed E-state index contributed by atoms with van der Waals surface area (Å²) in [5, 5.41) is 21.9. The van der Waals surface area contributed by atoms with Crippen molar-refractivity contribution in [3.63, 3.8) is 0 Å². The molecule has 0 fully saturated rings. The van der Waals surface area contributed by atoms with E-state index in [1.54, 1.807) is 50.2 Å². The van der Waals surface area contributed by atoms with Gasteiger partial charge >= 0.3 is 11.9 Å². The third kappa shape index (κ3) is 6.41. The van der Waals surface area contributed by atoms with E-state index in [2.05, 4.69) is 5.32 Å². The molecular formula is C30H32N2O8S. The van der Waals surface area contributed by atoms with Crippen molar-refractivity contribution in [2.45, 2.75) is 50.7 Å². The number of rotatable bonds is 9. The van der Waals surface area contributed by atoms with Crippen LogP contribution in [0, 0.1) is 6.92 Å². The summed E-state index contributed by atoms with van der Waals surface area (Å²) in [7, 11) is -3.89. The summed E-state index contributed by atoms with van der Waals surface area (Å²) < 4.78 is 34.4. The lowest BCUT2D eigenvalue weighted by molar-refractivity contribution is -0.137. The number of aliphatic carboxylic acids is 1. The van der Waals surface area contributed by atoms with Gasteiger partial charge in [-0.05, 0) is 67.3 Å². The van der Waals surface area contributed by atoms with Gasteiger partial charge in [0.05, 0.1) is 24.1 Å². The van der Waals surface area contributed by atoms with E-state index < -0.39 is 39.9 Å². The van der Waals surface area contributed by atoms with Gasteiger partial charge in [-0.25, -0.2) is 13.2 Å². The number of nitrogens with zero attached hydrogens (tertiary/aromatic N) is 1. The lowest BCUT2D eigenvalue weighted by Crippen LogP contribution is -2.35. The molecule has 1 amide bonds. The molecule has 1 heterocycles. The largest absolute Gasteiger partial charge is 0.488 e. The van der Waals surface area contributed by atoms with Crippen LogP contribution in [0.25, 0.3) is 0 Å². The molecule has 1 unspecified atom stereocenters. The molecule has 0 radical (unpaired) electrons. The molecule has 2 atom stereocenters. The van der Waals surface area contributed by atoms with Gasteiger partial charge in [0.15, 0.2) is 0 Å². The molecule has 0 saturated heterocycles. The summed E-state index contributed by atoms with van der Waals surface area (Å²) >= 11 is 0. The van der Waals surface area contributed by atoms with Crippen LogP contribution in [-0.4, -0.2) is 60.0 Å². The zero-order valence-electron chi connectivity index (χ0n) is 23.0. The zero-order chi connectivity index (χ0) is 29.9. The molecule has 216 valence electrons. The van der Waals surface area contributed by atoms with E-state index in [1.165, 1.54) is 28.6 Å². The Hall–Kier alpha value is -4.22. The summed E-state index contributed by atoms with van der Waals surface area (Å²) in [6, 6.07) is 16.1. The number of ether oxygens (including phenoxy) is 1. The maximum atomic E-state index is 13.6. The average molecular weight is 581 g/mol. The van der Waals surface area contributed by atoms with Crippen LogP contribution in [0.1, 0.15) is 69.2 Å². The van der Waals surface area contributed by atoms with Crippen LogP contribution in [-0.2, 0) is 21.4 Å². The monoisotopic (exact) mass is 580 g/mol. The first-order valence-corrected chi connectivity index (χ1v) is 14.6. The maximum Gasteiger partial charge on any atom is 0.336 e. The van der Waals surface area contributed by atoms with Crippen LogP contribution in [0.5, 0.6) is 5.75 Å². The minimum absolute atomic E-state index is 0.0337. The molecule has 0 spiro atoms. The van der Waals surface area contributed by atoms with Crippen LogP contribution in [0.2, 0.25) is 0 Å². The van der Waals surface area contributed by atoms with E-state index in [9.17, 15) is 33.0 Å². The molecular weight excluding hydrogens is 548 g/mol. The summed E-state index contributed by atoms with van der Waals surface area (Å²) in [4.78, 5) is 36.4. The number of nitrogens with one attached hydrogen (secondary N) is 1. The van der Waals surface area contributed by atoms with E-state index in [1.807, 2.05) is 6.92 Å². The average Bonchev–Trinajstić information content (AvgIpc) is 3.01. The van der Waals surface area contributed by atoms with E-state index in [4.69, 9.17) is 4.74 Å². The molecule has 0 aromatic heterocycles. The number of carboxylic acid groups (broad SMARTS) is 2. The fraction of sp³-hybridized carbons (Fsp3) is 0.300. The van der Waals surface area contributed by atoms with Crippen molar-refractivity contribution in [1.82, 2.24) is 9.62 Å². The topological polar surface area (TPSA) is 150 Å². The molecule has 3 N–H and O–H groups in total. The molecule has 11 heteroatoms. The van der Waals surface area contributed by atoms with Crippen molar-refractivity contribution < 1.29 is 37.8 Å². The van der Waals surface area contributed by atoms with Gasteiger partial charge in [-0.1, -0.05) is 36.4 Å². The van der Waals surface area contributed by atoms with Crippen molar-refractivity contribution >= 4 is 27.9 Å². The molecule has 1 aliphatic heterocycles. The Balaban J connectivity index is 1.76. The molecule has 0 aliphatic carbocycles. The third-order valence-electron chi connectivity index (χ3n) is 7.02. The van der Waals surface area contributed by atoms with Crippen molar-refractivity contribution in [2.75, 3.05) is 13.1 Å². The zero-order valence-corrected chi connectivity index (χ0v) is 23.8. The predicted molar refractivity (Wildman–Crippen MR) is 151 cm³/mol. The molecule has 10 nitrogen and oxygen atoms in total. The SMILES string of the molecule is CCNC(=O)c1cc(C(CC(=O)O)c2ccc(C)c(CN3C[C@@H](C)Oc4ccccc4S3(=O)=O)c2)ccc1C(=O)O. The maximum absolute atomic E-state index is 13.6. The van der Waals surface area contributed by atoms with Crippen molar-refractivity contribution in [3.8, 4) is 5.75 Å². The number of carbonyl (C=O) groups excluding carboxylic acids is 1. The summed E-state index contributed by atoms with van der Waals surface area (Å²) in [5.41, 5.74) is 2.28. The van der Waals surface area contributed by atoms with Gasteiger partial charge in [-0.2, -0.15) is 4.31 Å². The Morgan fingerprint density at radius 2 is 1.71 bits per heavy atom. The third-order valence-corrected chi connectivity index (χ3v) is 8.87. The smallest absolute Gasteiger partial charge is 0.336 e. The first-order valence-electron chi connectivity index (χ1n) is 13.1. The Morgan fingerprint density at radius 1 is 1.02 bits per heavy atom. The van der Waals surface area contributed by atoms with Gasteiger partial charge in [0.25, 0.3) is 5.91 Å². The molecule has 1 aliphatic rings. The number of amides is 1. The standard InChI is InChI=1S/C30H32N2O8S/c1-4-31-29(35)25-14-21(11-12-23(25)30(36)37)24(15-28(33)34)20-10-9-18(2)22(13-20)17-32-16-19(3)40-26-7-5-6-8-27(26)41(32,38)39/h5-14,19,24H,4,15-17H2,1-3H3,(H,31,35)(H,33,34)(H,36,37)/t19-,24?/m1/s1. The minimum Gasteiger partial charge on any atom is -0.488 e. The first kappa shape index (κ1) is 29.8. The van der Waals surface area contributed by atoms with Crippen LogP contribution < -0.4 is 10.1 Å². The number of benzene rings is 3. The molecule has 3 aromatic carbocycles. The number of hydrogen-bond acceptors (Lipinski definition) is 6. The van der Waals surface area contributed by atoms with Crippen molar-refractivity contribution in [1.29, 1.82) is 0 Å². The predicted octanol–water partition coefficient (Wildman–Crippen LogP) is 4.02. The molecule has 41 heavy (non-hydrogen) atoms. The normalized spacial score (nSPS) is 17.0. The number of para-hydroxylation sites is 1. The van der Waals surface area contributed by atoms with Crippen LogP contribution in [0.3, 0.4) is 0 Å². The van der Waals surface area contributed by atoms with Gasteiger partial charge in [-0.15, -0.1) is 0 Å². The van der Waals surface area contributed by atoms with E-state index in [-0.39, 0.29) is 42.1 Å². The van der Waals surface area contributed by atoms with E-state index in [0.29, 0.717) is 22.4 Å². The van der Waals surface area contributed by atoms with Gasteiger partial charge < -0.3 is 20.3 Å². The van der Waals surface area contributed by atoms with Crippen molar-refractivity contribution in [2.24, 2.45) is 0 Å². The Bertz CT molecular complexity index is 1600. The number of aryl methyl sites for hydroxylation is 1. The second kappa shape index (κ2) is 12.1. The number of carboxylic acids is 2. The second-order valence-corrected chi connectivity index (χ2v) is 11.9. The fourth-order valence-corrected chi connectivity index (χ4v) is 6.58. The second-order valence-electron chi connectivity index (χ2n) is 9.98. The highest BCUT2D eigenvalue weighted by Gasteiger charge is 2.33. The lowest BCUT2D eigenvalue weighted by atomic mass is 9.85. The minimum atomic E-state index is -3.89. The Morgan fingerprint density at radius 3 is 2.39 bits per heavy atom. The number of fused-ring (bicyclic) bond motifs is 1. The number of carbonyl (C=O) groups is 3. The molecule has 4 rings (SSSR count). The van der Waals surface area contributed by atoms with Crippen molar-refractivity contribution in [3.05, 3.63) is 94.0 Å². The van der Waals surface area contributed by atoms with Crippen LogP contribution in [0.15, 0.2) is 65.6 Å². The summed E-state index contributed by atoms with van der Waals surface area (Å²) in [6.07, 6.45) is -0.735. The van der Waals surface area contributed by atoms with Gasteiger partial charge in [0.2, 0.25) is 10.0 Å². The first-order chi connectivity index (χ1) is 19.4. The molecule has 3 aromatic rings. The van der Waals surface area contributed by atoms with Crippen LogP contribution in [0.4, 0.5) is 0 Å². The molecule has 0 saturated carbocycles. The van der Waals surface area contributed by atoms with Gasteiger partial charge in [-0.3, -0.25) is 9.59 Å². The fourth-order valence-electron chi connectivity index (χ4n) is 4.97. The molecule has 0 bridgehead atoms. The van der Waals surface area contributed by atoms with Crippen LogP contribution >= 0.6 is 0 Å². The Labute approximate surface area is 238 Å². The summed E-state index contributed by atoms with van der Waals surface area (Å²) in [6.45, 7) is 5.79. The number of hydrogen-bond donors (Lipinski definition) is 3. The van der Waals surface area contributed by atoms with Gasteiger partial charge in [0, 0.05) is 19.0 Å². The van der Waals surface area contributed by atoms with E-state index in [0.717, 1.165) is 5.56 Å². The highest BCUT2D eigenvalue weighted by molar-refractivity contribution is 7.89. The number of aromatic carboxylic acids is 1. The number of sulfonamides is 1. The van der Waals surface area contributed by atoms with E-state index >= 15 is 0 Å².